The van der Waals surface area contributed by atoms with E-state index in [4.69, 9.17) is 7.85 Å². The van der Waals surface area contributed by atoms with Gasteiger partial charge in [-0.05, 0) is 35.6 Å². The van der Waals surface area contributed by atoms with Gasteiger partial charge in [-0.3, -0.25) is 4.79 Å². The minimum Gasteiger partial charge on any atom is -0.330 e. The Kier molecular flexibility index (Phi) is 3.58. The van der Waals surface area contributed by atoms with Crippen LogP contribution in [0.15, 0.2) is 36.4 Å². The second-order valence-corrected chi connectivity index (χ2v) is 5.70. The fourth-order valence-corrected chi connectivity index (χ4v) is 2.99. The molecule has 1 amide bonds. The molecule has 0 atom stereocenters. The lowest BCUT2D eigenvalue weighted by molar-refractivity contribution is 0.0766. The summed E-state index contributed by atoms with van der Waals surface area (Å²) in [4.78, 5) is 14.4. The largest absolute Gasteiger partial charge is 0.330 e. The van der Waals surface area contributed by atoms with Crippen LogP contribution in [0.25, 0.3) is 0 Å². The van der Waals surface area contributed by atoms with E-state index in [0.29, 0.717) is 13.1 Å². The maximum atomic E-state index is 12.5. The number of aryl methyl sites for hydroxylation is 2. The van der Waals surface area contributed by atoms with E-state index in [1.165, 1.54) is 11.1 Å². The van der Waals surface area contributed by atoms with Crippen LogP contribution in [0.4, 0.5) is 0 Å². The van der Waals surface area contributed by atoms with E-state index >= 15 is 0 Å². The highest BCUT2D eigenvalue weighted by molar-refractivity contribution is 6.32. The number of hydrogen-bond acceptors (Lipinski definition) is 1. The molecule has 0 aromatic heterocycles. The van der Waals surface area contributed by atoms with Crippen molar-refractivity contribution in [2.24, 2.45) is 0 Å². The molecule has 0 unspecified atom stereocenters. The Balaban J connectivity index is 1.82. The monoisotopic (exact) mass is 275 g/mol. The molecule has 1 aliphatic rings. The van der Waals surface area contributed by atoms with Gasteiger partial charge in [-0.2, -0.15) is 0 Å². The van der Waals surface area contributed by atoms with E-state index in [1.807, 2.05) is 24.0 Å². The molecule has 0 spiro atoms. The highest BCUT2D eigenvalue weighted by Gasteiger charge is 2.28. The van der Waals surface area contributed by atoms with Gasteiger partial charge in [-0.1, -0.05) is 48.8 Å². The van der Waals surface area contributed by atoms with Crippen molar-refractivity contribution in [3.63, 3.8) is 0 Å². The molecule has 1 aliphatic heterocycles. The molecular formula is C18H18BNO. The normalized spacial score (nSPS) is 13.6. The van der Waals surface area contributed by atoms with Crippen LogP contribution in [0.2, 0.25) is 0 Å². The van der Waals surface area contributed by atoms with Gasteiger partial charge >= 0.3 is 0 Å². The number of amides is 1. The highest BCUT2D eigenvalue weighted by Crippen LogP contribution is 2.26. The van der Waals surface area contributed by atoms with Gasteiger partial charge in [-0.25, -0.2) is 0 Å². The number of carbonyl (C=O) groups is 1. The Morgan fingerprint density at radius 3 is 2.48 bits per heavy atom. The van der Waals surface area contributed by atoms with E-state index in [2.05, 4.69) is 31.2 Å². The lowest BCUT2D eigenvalue weighted by atomic mass is 9.90. The molecule has 2 nitrogen and oxygen atoms in total. The quantitative estimate of drug-likeness (QED) is 0.788. The van der Waals surface area contributed by atoms with Crippen LogP contribution in [0.3, 0.4) is 0 Å². The summed E-state index contributed by atoms with van der Waals surface area (Å²) in [5.74, 6) is 0.113. The summed E-state index contributed by atoms with van der Waals surface area (Å²) < 4.78 is 0. The Morgan fingerprint density at radius 2 is 1.81 bits per heavy atom. The average molecular weight is 275 g/mol. The first-order valence-electron chi connectivity index (χ1n) is 7.34. The van der Waals surface area contributed by atoms with Gasteiger partial charge in [0.25, 0.3) is 5.91 Å². The standard InChI is InChI=1S/C18H18BNO/c1-3-13-4-6-14(7-5-13)10-20-11-15-9-16(19)8-12(2)17(15)18(20)21/h4-9H,3,10-11H2,1-2H3. The number of benzene rings is 2. The maximum absolute atomic E-state index is 12.5. The summed E-state index contributed by atoms with van der Waals surface area (Å²) in [7, 11) is 5.88. The van der Waals surface area contributed by atoms with E-state index in [9.17, 15) is 4.79 Å². The topological polar surface area (TPSA) is 20.3 Å². The molecule has 2 aromatic rings. The van der Waals surface area contributed by atoms with Crippen LogP contribution in [-0.2, 0) is 19.5 Å². The lowest BCUT2D eigenvalue weighted by Gasteiger charge is -2.16. The Bertz CT molecular complexity index is 691. The molecule has 2 aromatic carbocycles. The summed E-state index contributed by atoms with van der Waals surface area (Å²) in [6.07, 6.45) is 1.03. The van der Waals surface area contributed by atoms with E-state index in [0.717, 1.165) is 28.6 Å². The first kappa shape index (κ1) is 13.9. The molecule has 2 radical (unpaired) electrons. The van der Waals surface area contributed by atoms with Crippen molar-refractivity contribution in [3.8, 4) is 0 Å². The summed E-state index contributed by atoms with van der Waals surface area (Å²) in [6.45, 7) is 5.39. The zero-order valence-electron chi connectivity index (χ0n) is 12.5. The highest BCUT2D eigenvalue weighted by atomic mass is 16.2. The number of fused-ring (bicyclic) bond motifs is 1. The van der Waals surface area contributed by atoms with Crippen LogP contribution < -0.4 is 5.46 Å². The third-order valence-corrected chi connectivity index (χ3v) is 4.11. The van der Waals surface area contributed by atoms with Gasteiger partial charge in [0.2, 0.25) is 0 Å². The van der Waals surface area contributed by atoms with Gasteiger partial charge in [-0.15, -0.1) is 0 Å². The SMILES string of the molecule is [B]c1cc(C)c2c(c1)CN(Cc1ccc(CC)cc1)C2=O. The molecule has 3 heteroatoms. The predicted molar refractivity (Wildman–Crippen MR) is 86.0 cm³/mol. The van der Waals surface area contributed by atoms with Crippen molar-refractivity contribution >= 4 is 19.2 Å². The third kappa shape index (κ3) is 2.60. The second kappa shape index (κ2) is 5.40. The van der Waals surface area contributed by atoms with Crippen LogP contribution in [0, 0.1) is 6.92 Å². The van der Waals surface area contributed by atoms with Crippen molar-refractivity contribution in [2.45, 2.75) is 33.4 Å². The fourth-order valence-electron chi connectivity index (χ4n) is 2.99. The van der Waals surface area contributed by atoms with Gasteiger partial charge in [0.05, 0.1) is 0 Å². The summed E-state index contributed by atoms with van der Waals surface area (Å²) in [6, 6.07) is 12.3. The molecule has 0 N–H and O–H groups in total. The molecule has 1 heterocycles. The first-order chi connectivity index (χ1) is 10.1. The first-order valence-corrected chi connectivity index (χ1v) is 7.34. The zero-order valence-corrected chi connectivity index (χ0v) is 12.5. The molecular weight excluding hydrogens is 257 g/mol. The predicted octanol–water partition coefficient (Wildman–Crippen LogP) is 2.51. The summed E-state index contributed by atoms with van der Waals surface area (Å²) in [5.41, 5.74) is 6.06. The summed E-state index contributed by atoms with van der Waals surface area (Å²) in [5, 5.41) is 0. The van der Waals surface area contributed by atoms with Gasteiger partial charge in [0.1, 0.15) is 7.85 Å². The Labute approximate surface area is 127 Å². The molecule has 0 saturated heterocycles. The van der Waals surface area contributed by atoms with Crippen molar-refractivity contribution in [3.05, 3.63) is 64.2 Å². The molecule has 0 aliphatic carbocycles. The van der Waals surface area contributed by atoms with Crippen molar-refractivity contribution in [2.75, 3.05) is 0 Å². The number of carbonyl (C=O) groups excluding carboxylic acids is 1. The smallest absolute Gasteiger partial charge is 0.255 e. The van der Waals surface area contributed by atoms with Crippen molar-refractivity contribution < 1.29 is 4.79 Å². The van der Waals surface area contributed by atoms with Gasteiger partial charge in [0.15, 0.2) is 0 Å². The Morgan fingerprint density at radius 1 is 1.14 bits per heavy atom. The summed E-state index contributed by atoms with van der Waals surface area (Å²) >= 11 is 0. The molecule has 0 fully saturated rings. The van der Waals surface area contributed by atoms with Crippen LogP contribution >= 0.6 is 0 Å². The maximum Gasteiger partial charge on any atom is 0.255 e. The molecule has 3 rings (SSSR count). The molecule has 104 valence electrons. The lowest BCUT2D eigenvalue weighted by Crippen LogP contribution is -2.23. The third-order valence-electron chi connectivity index (χ3n) is 4.11. The van der Waals surface area contributed by atoms with Gasteiger partial charge < -0.3 is 4.90 Å². The molecule has 21 heavy (non-hydrogen) atoms. The Hall–Kier alpha value is -2.03. The van der Waals surface area contributed by atoms with Gasteiger partial charge in [0, 0.05) is 18.7 Å². The molecule has 0 bridgehead atoms. The van der Waals surface area contributed by atoms with E-state index in [1.54, 1.807) is 0 Å². The average Bonchev–Trinajstić information content (AvgIpc) is 2.76. The fraction of sp³-hybridized carbons (Fsp3) is 0.278. The zero-order chi connectivity index (χ0) is 15.0. The molecule has 0 saturated carbocycles. The van der Waals surface area contributed by atoms with Crippen LogP contribution in [0.5, 0.6) is 0 Å². The number of rotatable bonds is 3. The number of nitrogens with zero attached hydrogens (tertiary/aromatic N) is 1. The number of hydrogen-bond donors (Lipinski definition) is 0. The van der Waals surface area contributed by atoms with Crippen LogP contribution in [0.1, 0.15) is 39.5 Å². The van der Waals surface area contributed by atoms with E-state index in [-0.39, 0.29) is 5.91 Å². The van der Waals surface area contributed by atoms with Crippen molar-refractivity contribution in [1.29, 1.82) is 0 Å². The minimum absolute atomic E-state index is 0.113. The minimum atomic E-state index is 0.113. The van der Waals surface area contributed by atoms with E-state index < -0.39 is 0 Å². The van der Waals surface area contributed by atoms with Crippen molar-refractivity contribution in [1.82, 2.24) is 4.90 Å². The second-order valence-electron chi connectivity index (χ2n) is 5.70. The van der Waals surface area contributed by atoms with Crippen LogP contribution in [-0.4, -0.2) is 18.7 Å².